The lowest BCUT2D eigenvalue weighted by molar-refractivity contribution is 1.29. The second kappa shape index (κ2) is 7.53. The van der Waals surface area contributed by atoms with E-state index >= 15 is 0 Å². The van der Waals surface area contributed by atoms with Crippen molar-refractivity contribution in [3.63, 3.8) is 0 Å². The summed E-state index contributed by atoms with van der Waals surface area (Å²) in [5.41, 5.74) is 4.12. The summed E-state index contributed by atoms with van der Waals surface area (Å²) < 4.78 is 0. The minimum Gasteiger partial charge on any atom is -0.256 e. The fourth-order valence-corrected chi connectivity index (χ4v) is 2.88. The number of para-hydroxylation sites is 2. The summed E-state index contributed by atoms with van der Waals surface area (Å²) in [5.74, 6) is 0. The molecule has 26 heavy (non-hydrogen) atoms. The Labute approximate surface area is 152 Å². The molecular weight excluding hydrogens is 318 g/mol. The number of rotatable bonds is 1. The van der Waals surface area contributed by atoms with Crippen LogP contribution in [-0.2, 0) is 0 Å². The van der Waals surface area contributed by atoms with Gasteiger partial charge in [-0.05, 0) is 35.0 Å². The standard InChI is InChI=1S/C15H11N.C8H6N2/c1-2-8-13-12(6-1)7-5-9-14(13)15-10-3-4-11-16-15;1-2-4-8-7(3-1)9-5-6-10-8/h1-11H;1-6H. The van der Waals surface area contributed by atoms with Crippen LogP contribution in [0.4, 0.5) is 0 Å². The van der Waals surface area contributed by atoms with Crippen LogP contribution in [0.2, 0.25) is 0 Å². The van der Waals surface area contributed by atoms with Crippen LogP contribution in [0.1, 0.15) is 0 Å². The number of hydrogen-bond donors (Lipinski definition) is 0. The van der Waals surface area contributed by atoms with Crippen molar-refractivity contribution in [1.82, 2.24) is 15.0 Å². The lowest BCUT2D eigenvalue weighted by atomic mass is 10.0. The smallest absolute Gasteiger partial charge is 0.0886 e. The van der Waals surface area contributed by atoms with Gasteiger partial charge in [-0.1, -0.05) is 60.7 Å². The fraction of sp³-hybridized carbons (Fsp3) is 0. The van der Waals surface area contributed by atoms with Gasteiger partial charge in [0.05, 0.1) is 16.7 Å². The number of aromatic nitrogens is 3. The Morgan fingerprint density at radius 1 is 0.462 bits per heavy atom. The molecule has 0 saturated carbocycles. The first-order valence-corrected chi connectivity index (χ1v) is 8.47. The summed E-state index contributed by atoms with van der Waals surface area (Å²) >= 11 is 0. The zero-order valence-corrected chi connectivity index (χ0v) is 14.2. The van der Waals surface area contributed by atoms with E-state index in [1.807, 2.05) is 48.7 Å². The van der Waals surface area contributed by atoms with Crippen LogP contribution in [0.15, 0.2) is 104 Å². The number of benzene rings is 3. The minimum absolute atomic E-state index is 0.949. The summed E-state index contributed by atoms with van der Waals surface area (Å²) in [6.45, 7) is 0. The summed E-state index contributed by atoms with van der Waals surface area (Å²) in [7, 11) is 0. The molecular formula is C23H17N3. The molecule has 2 aromatic heterocycles. The Bertz CT molecular complexity index is 1070. The van der Waals surface area contributed by atoms with E-state index in [-0.39, 0.29) is 0 Å². The molecule has 3 nitrogen and oxygen atoms in total. The van der Waals surface area contributed by atoms with E-state index in [2.05, 4.69) is 57.4 Å². The minimum atomic E-state index is 0.949. The maximum Gasteiger partial charge on any atom is 0.0886 e. The average Bonchev–Trinajstić information content (AvgIpc) is 2.74. The van der Waals surface area contributed by atoms with Gasteiger partial charge in [-0.15, -0.1) is 0 Å². The molecule has 0 aliphatic carbocycles. The molecule has 5 aromatic rings. The molecule has 0 radical (unpaired) electrons. The van der Waals surface area contributed by atoms with Crippen LogP contribution in [0.25, 0.3) is 33.1 Å². The maximum absolute atomic E-state index is 4.40. The van der Waals surface area contributed by atoms with E-state index in [1.165, 1.54) is 16.3 Å². The van der Waals surface area contributed by atoms with Crippen molar-refractivity contribution in [2.24, 2.45) is 0 Å². The second-order valence-electron chi connectivity index (χ2n) is 5.79. The average molecular weight is 335 g/mol. The fourth-order valence-electron chi connectivity index (χ4n) is 2.88. The zero-order valence-electron chi connectivity index (χ0n) is 14.2. The summed E-state index contributed by atoms with van der Waals surface area (Å²) in [6, 6.07) is 28.5. The maximum atomic E-state index is 4.40. The SMILES string of the molecule is c1ccc(-c2cccc3ccccc23)nc1.c1ccc2nccnc2c1. The third-order valence-electron chi connectivity index (χ3n) is 4.11. The molecule has 0 amide bonds. The van der Waals surface area contributed by atoms with Gasteiger partial charge >= 0.3 is 0 Å². The van der Waals surface area contributed by atoms with E-state index in [0.29, 0.717) is 0 Å². The van der Waals surface area contributed by atoms with Gasteiger partial charge < -0.3 is 0 Å². The van der Waals surface area contributed by atoms with Gasteiger partial charge in [-0.25, -0.2) is 0 Å². The predicted octanol–water partition coefficient (Wildman–Crippen LogP) is 5.53. The van der Waals surface area contributed by atoms with Crippen LogP contribution in [0.3, 0.4) is 0 Å². The molecule has 0 atom stereocenters. The van der Waals surface area contributed by atoms with Crippen molar-refractivity contribution in [2.45, 2.75) is 0 Å². The zero-order chi connectivity index (χ0) is 17.6. The Morgan fingerprint density at radius 2 is 1.12 bits per heavy atom. The van der Waals surface area contributed by atoms with Gasteiger partial charge in [0.2, 0.25) is 0 Å². The van der Waals surface area contributed by atoms with Crippen LogP contribution in [0, 0.1) is 0 Å². The van der Waals surface area contributed by atoms with E-state index in [4.69, 9.17) is 0 Å². The highest BCUT2D eigenvalue weighted by Crippen LogP contribution is 2.26. The van der Waals surface area contributed by atoms with Crippen LogP contribution >= 0.6 is 0 Å². The third kappa shape index (κ3) is 3.42. The van der Waals surface area contributed by atoms with Crippen molar-refractivity contribution in [3.8, 4) is 11.3 Å². The number of nitrogens with zero attached hydrogens (tertiary/aromatic N) is 3. The molecule has 3 heteroatoms. The number of fused-ring (bicyclic) bond motifs is 2. The van der Waals surface area contributed by atoms with Crippen molar-refractivity contribution in [2.75, 3.05) is 0 Å². The highest BCUT2D eigenvalue weighted by Gasteiger charge is 2.02. The Morgan fingerprint density at radius 3 is 1.85 bits per heavy atom. The van der Waals surface area contributed by atoms with Gasteiger partial charge in [0.15, 0.2) is 0 Å². The van der Waals surface area contributed by atoms with Crippen molar-refractivity contribution < 1.29 is 0 Å². The topological polar surface area (TPSA) is 38.7 Å². The van der Waals surface area contributed by atoms with Crippen LogP contribution in [0.5, 0.6) is 0 Å². The lowest BCUT2D eigenvalue weighted by Crippen LogP contribution is -1.83. The molecule has 0 fully saturated rings. The molecule has 0 bridgehead atoms. The second-order valence-corrected chi connectivity index (χ2v) is 5.79. The molecule has 2 heterocycles. The summed E-state index contributed by atoms with van der Waals surface area (Å²) in [4.78, 5) is 12.6. The largest absolute Gasteiger partial charge is 0.256 e. The Kier molecular flexibility index (Phi) is 4.61. The molecule has 5 rings (SSSR count). The quantitative estimate of drug-likeness (QED) is 0.404. The molecule has 0 aliphatic heterocycles. The van der Waals surface area contributed by atoms with E-state index in [1.54, 1.807) is 12.4 Å². The molecule has 0 aliphatic rings. The predicted molar refractivity (Wildman–Crippen MR) is 107 cm³/mol. The first-order valence-electron chi connectivity index (χ1n) is 8.47. The van der Waals surface area contributed by atoms with Crippen LogP contribution < -0.4 is 0 Å². The molecule has 0 unspecified atom stereocenters. The molecule has 0 spiro atoms. The Balaban J connectivity index is 0.000000144. The van der Waals surface area contributed by atoms with Crippen molar-refractivity contribution in [3.05, 3.63) is 104 Å². The van der Waals surface area contributed by atoms with E-state index in [0.717, 1.165) is 16.7 Å². The number of pyridine rings is 1. The van der Waals surface area contributed by atoms with Gasteiger partial charge in [0.1, 0.15) is 0 Å². The molecule has 124 valence electrons. The lowest BCUT2D eigenvalue weighted by Gasteiger charge is -2.05. The first-order chi connectivity index (χ1) is 12.9. The van der Waals surface area contributed by atoms with Crippen molar-refractivity contribution >= 4 is 21.8 Å². The summed E-state index contributed by atoms with van der Waals surface area (Å²) in [6.07, 6.45) is 5.22. The first kappa shape index (κ1) is 15.9. The monoisotopic (exact) mass is 335 g/mol. The highest BCUT2D eigenvalue weighted by molar-refractivity contribution is 5.95. The third-order valence-corrected chi connectivity index (χ3v) is 4.11. The van der Waals surface area contributed by atoms with Gasteiger partial charge in [0, 0.05) is 24.2 Å². The highest BCUT2D eigenvalue weighted by atomic mass is 14.8. The van der Waals surface area contributed by atoms with Gasteiger partial charge in [0.25, 0.3) is 0 Å². The van der Waals surface area contributed by atoms with E-state index < -0.39 is 0 Å². The number of hydrogen-bond acceptors (Lipinski definition) is 3. The van der Waals surface area contributed by atoms with Gasteiger partial charge in [-0.3, -0.25) is 15.0 Å². The molecule has 3 aromatic carbocycles. The van der Waals surface area contributed by atoms with Gasteiger partial charge in [-0.2, -0.15) is 0 Å². The summed E-state index contributed by atoms with van der Waals surface area (Å²) in [5, 5.41) is 2.51. The van der Waals surface area contributed by atoms with Crippen molar-refractivity contribution in [1.29, 1.82) is 0 Å². The van der Waals surface area contributed by atoms with Crippen LogP contribution in [-0.4, -0.2) is 15.0 Å². The van der Waals surface area contributed by atoms with E-state index in [9.17, 15) is 0 Å². The molecule has 0 N–H and O–H groups in total. The molecule has 0 saturated heterocycles. The normalized spacial score (nSPS) is 10.3. The Hall–Kier alpha value is -3.59.